The summed E-state index contributed by atoms with van der Waals surface area (Å²) in [6.45, 7) is 0. The van der Waals surface area contributed by atoms with Crippen LogP contribution in [0.2, 0.25) is 0 Å². The molecule has 5 rings (SSSR count). The second-order valence-electron chi connectivity index (χ2n) is 7.30. The summed E-state index contributed by atoms with van der Waals surface area (Å²) in [5.41, 5.74) is 3.71. The van der Waals surface area contributed by atoms with Crippen molar-refractivity contribution in [2.24, 2.45) is 0 Å². The third-order valence-corrected chi connectivity index (χ3v) is 7.09. The number of hydrogen-bond acceptors (Lipinski definition) is 5. The molecule has 5 nitrogen and oxygen atoms in total. The summed E-state index contributed by atoms with van der Waals surface area (Å²) in [6, 6.07) is 13.8. The van der Waals surface area contributed by atoms with Gasteiger partial charge in [-0.2, -0.15) is 0 Å². The van der Waals surface area contributed by atoms with Crippen molar-refractivity contribution in [3.05, 3.63) is 81.2 Å². The van der Waals surface area contributed by atoms with Crippen LogP contribution in [0.15, 0.2) is 63.9 Å². The van der Waals surface area contributed by atoms with Gasteiger partial charge in [0.25, 0.3) is 5.56 Å². The molecule has 0 atom stereocenters. The number of aromatic nitrogens is 2. The molecule has 0 saturated heterocycles. The fourth-order valence-corrected chi connectivity index (χ4v) is 5.38. The number of thiophene rings is 1. The summed E-state index contributed by atoms with van der Waals surface area (Å²) in [5.74, 6) is -0.678. The van der Waals surface area contributed by atoms with Gasteiger partial charge >= 0.3 is 0 Å². The minimum atomic E-state index is -0.522. The lowest BCUT2D eigenvalue weighted by atomic mass is 10.1. The number of aryl methyl sites for hydroxylation is 2. The first-order valence-corrected chi connectivity index (χ1v) is 11.8. The third kappa shape index (κ3) is 3.88. The van der Waals surface area contributed by atoms with Crippen LogP contribution in [0.3, 0.4) is 0 Å². The number of carbonyl (C=O) groups is 1. The van der Waals surface area contributed by atoms with Crippen LogP contribution in [0.4, 0.5) is 10.1 Å². The maximum atomic E-state index is 14.5. The van der Waals surface area contributed by atoms with Crippen molar-refractivity contribution in [1.82, 2.24) is 9.55 Å². The van der Waals surface area contributed by atoms with Crippen LogP contribution in [0.25, 0.3) is 15.9 Å². The molecule has 2 aromatic heterocycles. The van der Waals surface area contributed by atoms with Gasteiger partial charge in [-0.15, -0.1) is 11.3 Å². The average molecular weight is 452 g/mol. The van der Waals surface area contributed by atoms with Gasteiger partial charge in [-0.05, 0) is 66.1 Å². The standard InChI is InChI=1S/C23H18FN3O2S2/c24-17-6-1-2-7-19(17)27-22(29)21-18(10-11-30-21)26-23(27)31-13-20(28)25-16-9-8-14-4-3-5-15(14)12-16/h1-2,6-12H,3-5,13H2,(H,25,28). The van der Waals surface area contributed by atoms with Crippen LogP contribution in [-0.2, 0) is 17.6 Å². The van der Waals surface area contributed by atoms with E-state index in [1.807, 2.05) is 12.1 Å². The van der Waals surface area contributed by atoms with Crippen LogP contribution >= 0.6 is 23.1 Å². The number of nitrogens with one attached hydrogen (secondary N) is 1. The number of fused-ring (bicyclic) bond motifs is 2. The first-order valence-electron chi connectivity index (χ1n) is 9.90. The summed E-state index contributed by atoms with van der Waals surface area (Å²) in [5, 5.41) is 4.97. The van der Waals surface area contributed by atoms with E-state index in [0.29, 0.717) is 10.2 Å². The predicted molar refractivity (Wildman–Crippen MR) is 123 cm³/mol. The zero-order valence-electron chi connectivity index (χ0n) is 16.4. The highest BCUT2D eigenvalue weighted by molar-refractivity contribution is 7.99. The van der Waals surface area contributed by atoms with E-state index < -0.39 is 5.82 Å². The Bertz CT molecular complexity index is 1360. The van der Waals surface area contributed by atoms with E-state index in [2.05, 4.69) is 16.4 Å². The lowest BCUT2D eigenvalue weighted by Crippen LogP contribution is -2.23. The lowest BCUT2D eigenvalue weighted by molar-refractivity contribution is -0.113. The Kier molecular flexibility index (Phi) is 5.33. The van der Waals surface area contributed by atoms with Crippen molar-refractivity contribution in [2.45, 2.75) is 24.4 Å². The van der Waals surface area contributed by atoms with Crippen molar-refractivity contribution < 1.29 is 9.18 Å². The fourth-order valence-electron chi connectivity index (χ4n) is 3.81. The summed E-state index contributed by atoms with van der Waals surface area (Å²) in [4.78, 5) is 30.2. The van der Waals surface area contributed by atoms with Crippen molar-refractivity contribution in [2.75, 3.05) is 11.1 Å². The van der Waals surface area contributed by atoms with Crippen LogP contribution in [0.5, 0.6) is 0 Å². The molecule has 1 N–H and O–H groups in total. The molecular formula is C23H18FN3O2S2. The van der Waals surface area contributed by atoms with E-state index in [9.17, 15) is 14.0 Å². The number of para-hydroxylation sites is 1. The Labute approximate surface area is 185 Å². The molecule has 1 aliphatic rings. The summed E-state index contributed by atoms with van der Waals surface area (Å²) >= 11 is 2.38. The Hall–Kier alpha value is -2.97. The minimum absolute atomic E-state index is 0.0492. The normalized spacial score (nSPS) is 12.8. The van der Waals surface area contributed by atoms with Gasteiger partial charge in [0.05, 0.1) is 17.0 Å². The molecule has 0 radical (unpaired) electrons. The predicted octanol–water partition coefficient (Wildman–Crippen LogP) is 4.81. The molecular weight excluding hydrogens is 433 g/mol. The summed E-state index contributed by atoms with van der Waals surface area (Å²) < 4.78 is 16.2. The van der Waals surface area contributed by atoms with Crippen LogP contribution in [0, 0.1) is 5.82 Å². The SMILES string of the molecule is O=C(CSc1nc2ccsc2c(=O)n1-c1ccccc1F)Nc1ccc2c(c1)CCC2. The van der Waals surface area contributed by atoms with E-state index >= 15 is 0 Å². The quantitative estimate of drug-likeness (QED) is 0.350. The number of amides is 1. The molecule has 0 bridgehead atoms. The highest BCUT2D eigenvalue weighted by Gasteiger charge is 2.18. The fraction of sp³-hybridized carbons (Fsp3) is 0.174. The topological polar surface area (TPSA) is 64.0 Å². The molecule has 0 fully saturated rings. The molecule has 31 heavy (non-hydrogen) atoms. The largest absolute Gasteiger partial charge is 0.325 e. The second kappa shape index (κ2) is 8.28. The number of nitrogens with zero attached hydrogens (tertiary/aromatic N) is 2. The highest BCUT2D eigenvalue weighted by Crippen LogP contribution is 2.27. The molecule has 4 aromatic rings. The molecule has 2 heterocycles. The monoisotopic (exact) mass is 451 g/mol. The summed E-state index contributed by atoms with van der Waals surface area (Å²) in [6.07, 6.45) is 3.27. The maximum Gasteiger partial charge on any atom is 0.276 e. The lowest BCUT2D eigenvalue weighted by Gasteiger charge is -2.13. The Balaban J connectivity index is 1.42. The highest BCUT2D eigenvalue weighted by atomic mass is 32.2. The van der Waals surface area contributed by atoms with E-state index in [1.165, 1.54) is 39.2 Å². The maximum absolute atomic E-state index is 14.5. The molecule has 156 valence electrons. The number of benzene rings is 2. The Morgan fingerprint density at radius 1 is 1.16 bits per heavy atom. The van der Waals surface area contributed by atoms with E-state index in [4.69, 9.17) is 0 Å². The third-order valence-electron chi connectivity index (χ3n) is 5.26. The molecule has 0 unspecified atom stereocenters. The van der Waals surface area contributed by atoms with Gasteiger partial charge < -0.3 is 5.32 Å². The van der Waals surface area contributed by atoms with Crippen molar-refractivity contribution in [3.63, 3.8) is 0 Å². The van der Waals surface area contributed by atoms with Gasteiger partial charge in [0.1, 0.15) is 10.5 Å². The number of carbonyl (C=O) groups excluding carboxylic acids is 1. The Morgan fingerprint density at radius 2 is 2.00 bits per heavy atom. The van der Waals surface area contributed by atoms with Gasteiger partial charge in [-0.25, -0.2) is 9.37 Å². The number of anilines is 1. The number of hydrogen-bond donors (Lipinski definition) is 1. The van der Waals surface area contributed by atoms with Gasteiger partial charge in [-0.3, -0.25) is 14.2 Å². The van der Waals surface area contributed by atoms with Gasteiger partial charge in [0, 0.05) is 5.69 Å². The minimum Gasteiger partial charge on any atom is -0.325 e. The molecule has 0 spiro atoms. The number of thioether (sulfide) groups is 1. The molecule has 8 heteroatoms. The van der Waals surface area contributed by atoms with E-state index in [1.54, 1.807) is 23.6 Å². The van der Waals surface area contributed by atoms with Crippen LogP contribution < -0.4 is 10.9 Å². The molecule has 0 aliphatic heterocycles. The first-order chi connectivity index (χ1) is 15.1. The average Bonchev–Trinajstić information content (AvgIpc) is 3.42. The second-order valence-corrected chi connectivity index (χ2v) is 9.15. The van der Waals surface area contributed by atoms with Crippen molar-refractivity contribution >= 4 is 44.9 Å². The van der Waals surface area contributed by atoms with E-state index in [-0.39, 0.29) is 28.1 Å². The van der Waals surface area contributed by atoms with Gasteiger partial charge in [-0.1, -0.05) is 30.0 Å². The van der Waals surface area contributed by atoms with Crippen molar-refractivity contribution in [3.8, 4) is 5.69 Å². The Morgan fingerprint density at radius 3 is 2.87 bits per heavy atom. The zero-order valence-corrected chi connectivity index (χ0v) is 18.1. The van der Waals surface area contributed by atoms with Gasteiger partial charge in [0.2, 0.25) is 5.91 Å². The zero-order chi connectivity index (χ0) is 21.4. The van der Waals surface area contributed by atoms with Crippen LogP contribution in [-0.4, -0.2) is 21.2 Å². The van der Waals surface area contributed by atoms with Crippen molar-refractivity contribution in [1.29, 1.82) is 0 Å². The summed E-state index contributed by atoms with van der Waals surface area (Å²) in [7, 11) is 0. The molecule has 1 aliphatic carbocycles. The van der Waals surface area contributed by atoms with Gasteiger partial charge in [0.15, 0.2) is 5.16 Å². The number of rotatable bonds is 5. The molecule has 2 aromatic carbocycles. The molecule has 1 amide bonds. The van der Waals surface area contributed by atoms with Crippen LogP contribution in [0.1, 0.15) is 17.5 Å². The number of halogens is 1. The van der Waals surface area contributed by atoms with E-state index in [0.717, 1.165) is 36.7 Å². The molecule has 0 saturated carbocycles. The first kappa shape index (κ1) is 20.0. The smallest absolute Gasteiger partial charge is 0.276 e.